The summed E-state index contributed by atoms with van der Waals surface area (Å²) < 4.78 is 61.4. The normalized spacial score (nSPS) is 15.4. The summed E-state index contributed by atoms with van der Waals surface area (Å²) in [5, 5.41) is 8.72. The van der Waals surface area contributed by atoms with Gasteiger partial charge in [-0.05, 0) is 6.92 Å². The molecule has 110 valence electrons. The minimum absolute atomic E-state index is 0.255. The summed E-state index contributed by atoms with van der Waals surface area (Å²) >= 11 is 1.73. The molecule has 0 aliphatic heterocycles. The van der Waals surface area contributed by atoms with Gasteiger partial charge in [-0.15, -0.1) is 0 Å². The van der Waals surface area contributed by atoms with E-state index < -0.39 is 7.81 Å². The van der Waals surface area contributed by atoms with Gasteiger partial charge in [0.1, 0.15) is 6.54 Å². The van der Waals surface area contributed by atoms with E-state index >= 15 is 0 Å². The predicted octanol–water partition coefficient (Wildman–Crippen LogP) is 4.28. The molecule has 0 saturated heterocycles. The van der Waals surface area contributed by atoms with Crippen molar-refractivity contribution in [3.05, 3.63) is 16.1 Å². The van der Waals surface area contributed by atoms with E-state index in [1.165, 1.54) is 10.6 Å². The van der Waals surface area contributed by atoms with E-state index in [0.29, 0.717) is 0 Å². The number of aromatic nitrogens is 1. The quantitative estimate of drug-likeness (QED) is 0.502. The van der Waals surface area contributed by atoms with Crippen LogP contribution in [0, 0.1) is 6.92 Å². The van der Waals surface area contributed by atoms with Crippen LogP contribution in [0.1, 0.15) is 17.5 Å². The molecule has 2 nitrogen and oxygen atoms in total. The van der Waals surface area contributed by atoms with Crippen molar-refractivity contribution in [1.29, 1.82) is 0 Å². The molecule has 10 heteroatoms. The van der Waals surface area contributed by atoms with Gasteiger partial charge in [0, 0.05) is 20.0 Å². The van der Waals surface area contributed by atoms with Crippen LogP contribution in [0.2, 0.25) is 0 Å². The van der Waals surface area contributed by atoms with Crippen LogP contribution in [0.4, 0.5) is 25.2 Å². The first kappa shape index (κ1) is 17.6. The molecule has 0 radical (unpaired) electrons. The number of hydrogen-bond acceptors (Lipinski definition) is 2. The fourth-order valence-corrected chi connectivity index (χ4v) is 2.16. The molecule has 0 saturated carbocycles. The number of aliphatic hydroxyl groups is 1. The minimum atomic E-state index is -10.7. The van der Waals surface area contributed by atoms with Gasteiger partial charge < -0.3 is 5.11 Å². The van der Waals surface area contributed by atoms with Gasteiger partial charge >= 0.3 is 33.0 Å². The molecule has 0 unspecified atom stereocenters. The Morgan fingerprint density at radius 2 is 1.67 bits per heavy atom. The number of hydrogen-bond donors (Lipinski definition) is 1. The number of aryl methyl sites for hydroxylation is 1. The Bertz CT molecular complexity index is 389. The molecule has 0 bridgehead atoms. The standard InChI is InChI=1S/C8H14NOS.F6P/c1-3-9-6-11-8(4-5-10)7(9)2;1-7(2,3,4,5)6/h6,10H,3-5H2,1-2H3;/q+1;-1. The van der Waals surface area contributed by atoms with Gasteiger partial charge in [-0.2, -0.15) is 4.57 Å². The third kappa shape index (κ3) is 10.7. The Morgan fingerprint density at radius 1 is 1.22 bits per heavy atom. The predicted molar refractivity (Wildman–Crippen MR) is 59.3 cm³/mol. The fraction of sp³-hybridized carbons (Fsp3) is 0.625. The second-order valence-corrected chi connectivity index (χ2v) is 6.31. The summed E-state index contributed by atoms with van der Waals surface area (Å²) in [6.07, 6.45) is 0.795. The molecule has 1 rings (SSSR count). The van der Waals surface area contributed by atoms with Gasteiger partial charge in [-0.1, -0.05) is 11.3 Å². The van der Waals surface area contributed by atoms with Gasteiger partial charge in [0.2, 0.25) is 5.51 Å². The molecule has 0 fully saturated rings. The van der Waals surface area contributed by atoms with Crippen LogP contribution in [0.5, 0.6) is 0 Å². The van der Waals surface area contributed by atoms with Gasteiger partial charge in [0.25, 0.3) is 0 Å². The molecular formula is C8H14F6NOPS. The van der Waals surface area contributed by atoms with E-state index in [1.54, 1.807) is 11.3 Å². The van der Waals surface area contributed by atoms with Crippen molar-refractivity contribution in [2.24, 2.45) is 0 Å². The molecule has 0 amide bonds. The average molecular weight is 317 g/mol. The van der Waals surface area contributed by atoms with E-state index in [1.807, 2.05) is 0 Å². The van der Waals surface area contributed by atoms with Gasteiger partial charge in [0.05, 0.1) is 4.88 Å². The SMILES string of the molecule is CC[n+]1csc(CCO)c1C.F[P-](F)(F)(F)(F)F. The molecule has 0 aliphatic carbocycles. The summed E-state index contributed by atoms with van der Waals surface area (Å²) in [7, 11) is -10.7. The molecule has 1 aromatic heterocycles. The van der Waals surface area contributed by atoms with Crippen molar-refractivity contribution < 1.29 is 34.9 Å². The number of nitrogens with zero attached hydrogens (tertiary/aromatic N) is 1. The fourth-order valence-electron chi connectivity index (χ4n) is 1.10. The number of halogens is 6. The molecule has 0 atom stereocenters. The van der Waals surface area contributed by atoms with Gasteiger partial charge in [-0.25, -0.2) is 0 Å². The Labute approximate surface area is 104 Å². The average Bonchev–Trinajstić information content (AvgIpc) is 2.43. The van der Waals surface area contributed by atoms with Gasteiger partial charge in [-0.3, -0.25) is 0 Å². The van der Waals surface area contributed by atoms with Crippen LogP contribution < -0.4 is 4.57 Å². The Hall–Kier alpha value is -0.400. The zero-order chi connectivity index (χ0) is 14.7. The van der Waals surface area contributed by atoms with Crippen molar-refractivity contribution in [2.45, 2.75) is 26.8 Å². The van der Waals surface area contributed by atoms with Gasteiger partial charge in [0.15, 0.2) is 5.69 Å². The molecule has 18 heavy (non-hydrogen) atoms. The summed E-state index contributed by atoms with van der Waals surface area (Å²) in [5.74, 6) is 0. The van der Waals surface area contributed by atoms with Crippen LogP contribution in [0.3, 0.4) is 0 Å². The molecule has 1 N–H and O–H groups in total. The summed E-state index contributed by atoms with van der Waals surface area (Å²) in [4.78, 5) is 1.30. The maximum atomic E-state index is 9.87. The van der Waals surface area contributed by atoms with Crippen LogP contribution in [0.15, 0.2) is 5.51 Å². The molecule has 0 aromatic carbocycles. The first-order valence-electron chi connectivity index (χ1n) is 4.88. The first-order valence-corrected chi connectivity index (χ1v) is 7.79. The third-order valence-electron chi connectivity index (χ3n) is 1.84. The van der Waals surface area contributed by atoms with Crippen LogP contribution in [-0.2, 0) is 13.0 Å². The monoisotopic (exact) mass is 317 g/mol. The summed E-state index contributed by atoms with van der Waals surface area (Å²) in [6.45, 7) is 5.51. The van der Waals surface area contributed by atoms with Crippen molar-refractivity contribution in [3.8, 4) is 0 Å². The Balaban J connectivity index is 0.000000360. The zero-order valence-electron chi connectivity index (χ0n) is 9.72. The van der Waals surface area contributed by atoms with E-state index in [-0.39, 0.29) is 6.61 Å². The second-order valence-electron chi connectivity index (χ2n) is 3.45. The topological polar surface area (TPSA) is 24.1 Å². The van der Waals surface area contributed by atoms with Crippen LogP contribution >= 0.6 is 19.1 Å². The number of thiazole rings is 1. The van der Waals surface area contributed by atoms with Crippen molar-refractivity contribution >= 4 is 19.1 Å². The third-order valence-corrected chi connectivity index (χ3v) is 2.98. The van der Waals surface area contributed by atoms with Crippen LogP contribution in [0.25, 0.3) is 0 Å². The number of rotatable bonds is 3. The van der Waals surface area contributed by atoms with E-state index in [2.05, 4.69) is 23.9 Å². The Kier molecular flexibility index (Phi) is 4.83. The van der Waals surface area contributed by atoms with Crippen molar-refractivity contribution in [3.63, 3.8) is 0 Å². The molecule has 1 aromatic rings. The molecule has 0 spiro atoms. The van der Waals surface area contributed by atoms with E-state index in [9.17, 15) is 25.2 Å². The van der Waals surface area contributed by atoms with E-state index in [0.717, 1.165) is 13.0 Å². The molecular weight excluding hydrogens is 303 g/mol. The Morgan fingerprint density at radius 3 is 1.94 bits per heavy atom. The second kappa shape index (κ2) is 4.94. The van der Waals surface area contributed by atoms with Crippen molar-refractivity contribution in [2.75, 3.05) is 6.61 Å². The number of aliphatic hydroxyl groups excluding tert-OH is 1. The van der Waals surface area contributed by atoms with Crippen LogP contribution in [-0.4, -0.2) is 11.7 Å². The first-order chi connectivity index (χ1) is 7.74. The van der Waals surface area contributed by atoms with Crippen molar-refractivity contribution in [1.82, 2.24) is 0 Å². The zero-order valence-corrected chi connectivity index (χ0v) is 11.4. The summed E-state index contributed by atoms with van der Waals surface area (Å²) in [5.41, 5.74) is 3.41. The van der Waals surface area contributed by atoms with E-state index in [4.69, 9.17) is 5.11 Å². The molecule has 0 aliphatic rings. The maximum absolute atomic E-state index is 10.7. The summed E-state index contributed by atoms with van der Waals surface area (Å²) in [6, 6.07) is 0. The molecule has 1 heterocycles.